The molecule has 0 spiro atoms. The van der Waals surface area contributed by atoms with Gasteiger partial charge >= 0.3 is 0 Å². The van der Waals surface area contributed by atoms with Crippen LogP contribution in [0.3, 0.4) is 0 Å². The number of rotatable bonds is 4. The highest BCUT2D eigenvalue weighted by atomic mass is 79.9. The number of carbonyl (C=O) groups excluding carboxylic acids is 1. The van der Waals surface area contributed by atoms with Crippen LogP contribution < -0.4 is 5.32 Å². The van der Waals surface area contributed by atoms with E-state index in [1.807, 2.05) is 31.4 Å². The molecule has 0 aliphatic heterocycles. The van der Waals surface area contributed by atoms with Crippen molar-refractivity contribution in [2.45, 2.75) is 37.7 Å². The molecule has 0 saturated heterocycles. The summed E-state index contributed by atoms with van der Waals surface area (Å²) in [6.45, 7) is 0.637. The molecule has 0 unspecified atom stereocenters. The molecule has 4 fully saturated rings. The fourth-order valence-electron chi connectivity index (χ4n) is 5.64. The van der Waals surface area contributed by atoms with Crippen molar-refractivity contribution in [3.05, 3.63) is 34.3 Å². The van der Waals surface area contributed by atoms with Gasteiger partial charge in [0.05, 0.1) is 11.2 Å². The molecule has 1 aromatic rings. The zero-order valence-corrected chi connectivity index (χ0v) is 15.1. The van der Waals surface area contributed by atoms with E-state index < -0.39 is 0 Å². The zero-order chi connectivity index (χ0) is 16.0. The largest absolute Gasteiger partial charge is 0.376 e. The van der Waals surface area contributed by atoms with E-state index >= 15 is 0 Å². The zero-order valence-electron chi connectivity index (χ0n) is 13.6. The van der Waals surface area contributed by atoms with Crippen LogP contribution >= 0.6 is 15.9 Å². The molecule has 0 heterocycles. The van der Waals surface area contributed by atoms with Gasteiger partial charge in [0.1, 0.15) is 0 Å². The molecule has 1 N–H and O–H groups in total. The molecule has 124 valence electrons. The summed E-state index contributed by atoms with van der Waals surface area (Å²) < 4.78 is 6.95. The van der Waals surface area contributed by atoms with E-state index in [2.05, 4.69) is 21.2 Å². The first kappa shape index (κ1) is 15.6. The molecular formula is C19H24BrNO2. The number of halogens is 1. The molecule has 0 atom stereocenters. The van der Waals surface area contributed by atoms with Crippen molar-refractivity contribution in [3.8, 4) is 0 Å². The lowest BCUT2D eigenvalue weighted by molar-refractivity contribution is -0.186. The minimum Gasteiger partial charge on any atom is -0.376 e. The lowest BCUT2D eigenvalue weighted by Crippen LogP contribution is -2.63. The Balaban J connectivity index is 1.51. The van der Waals surface area contributed by atoms with Crippen LogP contribution in [0.15, 0.2) is 28.7 Å². The summed E-state index contributed by atoms with van der Waals surface area (Å²) in [7, 11) is 1.84. The first-order valence-corrected chi connectivity index (χ1v) is 9.49. The number of nitrogens with one attached hydrogen (secondary N) is 1. The maximum Gasteiger partial charge on any atom is 0.252 e. The number of methoxy groups -OCH3 is 1. The molecule has 4 aliphatic rings. The minimum atomic E-state index is -0.148. The highest BCUT2D eigenvalue weighted by molar-refractivity contribution is 9.10. The number of carbonyl (C=O) groups is 1. The van der Waals surface area contributed by atoms with Crippen LogP contribution in [0.2, 0.25) is 0 Å². The van der Waals surface area contributed by atoms with E-state index in [-0.39, 0.29) is 11.5 Å². The van der Waals surface area contributed by atoms with Gasteiger partial charge in [-0.3, -0.25) is 4.79 Å². The summed E-state index contributed by atoms with van der Waals surface area (Å²) in [5, 5.41) is 3.17. The molecule has 4 bridgehead atoms. The fourth-order valence-corrected chi connectivity index (χ4v) is 6.10. The summed E-state index contributed by atoms with van der Waals surface area (Å²) in [5.41, 5.74) is 0.548. The van der Waals surface area contributed by atoms with E-state index in [0.717, 1.165) is 16.3 Å². The number of benzene rings is 1. The summed E-state index contributed by atoms with van der Waals surface area (Å²) >= 11 is 3.46. The van der Waals surface area contributed by atoms with Crippen LogP contribution in [-0.2, 0) is 4.74 Å². The SMILES string of the molecule is COC1(CNC(=O)c2ccccc2Br)C2CC3CC(C2)CC1C3. The molecular weight excluding hydrogens is 354 g/mol. The lowest BCUT2D eigenvalue weighted by atomic mass is 9.49. The quantitative estimate of drug-likeness (QED) is 0.860. The number of hydrogen-bond donors (Lipinski definition) is 1. The van der Waals surface area contributed by atoms with Gasteiger partial charge in [0.2, 0.25) is 0 Å². The standard InChI is InChI=1S/C19H24BrNO2/c1-23-19(11-21-18(22)16-4-2-3-5-17(16)20)14-7-12-6-13(9-14)10-15(19)8-12/h2-5,12-15H,6-11H2,1H3,(H,21,22). The van der Waals surface area contributed by atoms with Gasteiger partial charge in [-0.2, -0.15) is 0 Å². The van der Waals surface area contributed by atoms with Crippen molar-refractivity contribution in [1.29, 1.82) is 0 Å². The topological polar surface area (TPSA) is 38.3 Å². The average molecular weight is 378 g/mol. The fraction of sp³-hybridized carbons (Fsp3) is 0.632. The predicted octanol–water partition coefficient (Wildman–Crippen LogP) is 4.02. The molecule has 1 amide bonds. The number of hydrogen-bond acceptors (Lipinski definition) is 2. The predicted molar refractivity (Wildman–Crippen MR) is 93.3 cm³/mol. The van der Waals surface area contributed by atoms with E-state index in [4.69, 9.17) is 4.74 Å². The summed E-state index contributed by atoms with van der Waals surface area (Å²) in [5.74, 6) is 3.02. The van der Waals surface area contributed by atoms with E-state index in [9.17, 15) is 4.79 Å². The van der Waals surface area contributed by atoms with Crippen LogP contribution in [0, 0.1) is 23.7 Å². The van der Waals surface area contributed by atoms with Crippen LogP contribution in [0.25, 0.3) is 0 Å². The van der Waals surface area contributed by atoms with Gasteiger partial charge in [0.15, 0.2) is 0 Å². The smallest absolute Gasteiger partial charge is 0.252 e. The Hall–Kier alpha value is -0.870. The van der Waals surface area contributed by atoms with E-state index in [1.54, 1.807) is 0 Å². The minimum absolute atomic E-state index is 0.0114. The number of amides is 1. The Bertz CT molecular complexity index is 587. The third-order valence-electron chi connectivity index (χ3n) is 6.54. The molecule has 5 rings (SSSR count). The molecule has 3 nitrogen and oxygen atoms in total. The third-order valence-corrected chi connectivity index (χ3v) is 7.24. The summed E-state index contributed by atoms with van der Waals surface area (Å²) in [4.78, 5) is 12.6. The van der Waals surface area contributed by atoms with E-state index in [0.29, 0.717) is 23.9 Å². The van der Waals surface area contributed by atoms with Gasteiger partial charge in [-0.25, -0.2) is 0 Å². The van der Waals surface area contributed by atoms with E-state index in [1.165, 1.54) is 32.1 Å². The van der Waals surface area contributed by atoms with Gasteiger partial charge in [-0.1, -0.05) is 12.1 Å². The molecule has 0 radical (unpaired) electrons. The molecule has 1 aromatic carbocycles. The highest BCUT2D eigenvalue weighted by Crippen LogP contribution is 2.59. The number of ether oxygens (including phenoxy) is 1. The summed E-state index contributed by atoms with van der Waals surface area (Å²) in [6, 6.07) is 7.59. The van der Waals surface area contributed by atoms with Crippen molar-refractivity contribution in [2.75, 3.05) is 13.7 Å². The monoisotopic (exact) mass is 377 g/mol. The molecule has 4 aliphatic carbocycles. The van der Waals surface area contributed by atoms with Crippen molar-refractivity contribution < 1.29 is 9.53 Å². The first-order valence-electron chi connectivity index (χ1n) is 8.70. The van der Waals surface area contributed by atoms with Gasteiger partial charge in [-0.05, 0) is 83.8 Å². The van der Waals surface area contributed by atoms with Gasteiger partial charge in [0.25, 0.3) is 5.91 Å². The van der Waals surface area contributed by atoms with Crippen LogP contribution in [0.5, 0.6) is 0 Å². The average Bonchev–Trinajstić information content (AvgIpc) is 2.54. The van der Waals surface area contributed by atoms with Crippen LogP contribution in [0.4, 0.5) is 0 Å². The second-order valence-electron chi connectivity index (χ2n) is 7.63. The molecule has 4 heteroatoms. The Morgan fingerprint density at radius 3 is 2.35 bits per heavy atom. The normalized spacial score (nSPS) is 37.8. The Morgan fingerprint density at radius 1 is 1.17 bits per heavy atom. The maximum atomic E-state index is 12.6. The second kappa shape index (κ2) is 5.89. The van der Waals surface area contributed by atoms with Gasteiger partial charge in [0, 0.05) is 18.1 Å². The van der Waals surface area contributed by atoms with Crippen molar-refractivity contribution in [3.63, 3.8) is 0 Å². The maximum absolute atomic E-state index is 12.6. The van der Waals surface area contributed by atoms with Crippen molar-refractivity contribution in [2.24, 2.45) is 23.7 Å². The lowest BCUT2D eigenvalue weighted by Gasteiger charge is -2.60. The Labute approximate surface area is 146 Å². The first-order chi connectivity index (χ1) is 11.1. The molecule has 0 aromatic heterocycles. The van der Waals surface area contributed by atoms with Crippen molar-refractivity contribution in [1.82, 2.24) is 5.32 Å². The molecule has 23 heavy (non-hydrogen) atoms. The van der Waals surface area contributed by atoms with Crippen LogP contribution in [0.1, 0.15) is 42.5 Å². The molecule has 4 saturated carbocycles. The van der Waals surface area contributed by atoms with Gasteiger partial charge in [-0.15, -0.1) is 0 Å². The summed E-state index contributed by atoms with van der Waals surface area (Å²) in [6.07, 6.45) is 6.56. The second-order valence-corrected chi connectivity index (χ2v) is 8.48. The Kier molecular flexibility index (Phi) is 4.01. The van der Waals surface area contributed by atoms with Crippen molar-refractivity contribution >= 4 is 21.8 Å². The van der Waals surface area contributed by atoms with Crippen LogP contribution in [-0.4, -0.2) is 25.2 Å². The Morgan fingerprint density at radius 2 is 1.78 bits per heavy atom. The highest BCUT2D eigenvalue weighted by Gasteiger charge is 2.57. The van der Waals surface area contributed by atoms with Gasteiger partial charge < -0.3 is 10.1 Å². The third kappa shape index (κ3) is 2.54.